The van der Waals surface area contributed by atoms with E-state index in [0.29, 0.717) is 11.5 Å². The minimum absolute atomic E-state index is 0.393. The van der Waals surface area contributed by atoms with Gasteiger partial charge in [-0.05, 0) is 118 Å². The zero-order chi connectivity index (χ0) is 20.9. The molecule has 0 aliphatic heterocycles. The van der Waals surface area contributed by atoms with Crippen LogP contribution >= 0.6 is 0 Å². The van der Waals surface area contributed by atoms with E-state index in [4.69, 9.17) is 0 Å². The number of hydrogen-bond acceptors (Lipinski definition) is 2. The van der Waals surface area contributed by atoms with E-state index in [0.717, 1.165) is 54.9 Å². The zero-order valence-electron chi connectivity index (χ0n) is 19.4. The number of hydrogen-bond donors (Lipinski definition) is 2. The lowest BCUT2D eigenvalue weighted by Gasteiger charge is -2.57. The fourth-order valence-corrected chi connectivity index (χ4v) is 8.96. The highest BCUT2D eigenvalue weighted by Gasteiger charge is 2.58. The summed E-state index contributed by atoms with van der Waals surface area (Å²) in [6.45, 7) is 8.19. The van der Waals surface area contributed by atoms with Crippen molar-refractivity contribution < 1.29 is 5.11 Å². The van der Waals surface area contributed by atoms with Crippen molar-refractivity contribution in [2.24, 2.45) is 40.9 Å². The molecule has 0 heterocycles. The van der Waals surface area contributed by atoms with E-state index >= 15 is 0 Å². The van der Waals surface area contributed by atoms with Gasteiger partial charge >= 0.3 is 0 Å². The molecule has 4 fully saturated rings. The van der Waals surface area contributed by atoms with E-state index in [9.17, 15) is 5.11 Å². The Morgan fingerprint density at radius 2 is 1.70 bits per heavy atom. The fourth-order valence-electron chi connectivity index (χ4n) is 8.96. The molecule has 0 amide bonds. The van der Waals surface area contributed by atoms with Gasteiger partial charge in [0.2, 0.25) is 0 Å². The van der Waals surface area contributed by atoms with Crippen molar-refractivity contribution in [1.29, 1.82) is 0 Å². The minimum Gasteiger partial charge on any atom is -0.390 e. The Labute approximate surface area is 184 Å². The SMILES string of the molecule is C[C@@H](NCc1ccccc1)[C@H]1CC[C@H]2[C@@H]3CC[C@@H]4C[C@](C)(O)CC[C@@H]4[C@H]3CC[C@]12C. The Bertz CT molecular complexity index is 729. The van der Waals surface area contributed by atoms with Gasteiger partial charge in [0.25, 0.3) is 0 Å². The van der Waals surface area contributed by atoms with E-state index in [2.05, 4.69) is 56.4 Å². The lowest BCUT2D eigenvalue weighted by atomic mass is 9.49. The maximum atomic E-state index is 10.6. The van der Waals surface area contributed by atoms with Crippen LogP contribution in [0, 0.1) is 40.9 Å². The first-order valence-corrected chi connectivity index (χ1v) is 12.9. The second kappa shape index (κ2) is 7.93. The number of rotatable bonds is 4. The first kappa shape index (κ1) is 21.0. The van der Waals surface area contributed by atoms with Gasteiger partial charge in [0.15, 0.2) is 0 Å². The van der Waals surface area contributed by atoms with Crippen LogP contribution in [0.25, 0.3) is 0 Å². The molecule has 4 saturated carbocycles. The molecule has 9 atom stereocenters. The summed E-state index contributed by atoms with van der Waals surface area (Å²) in [5.41, 5.74) is 1.53. The van der Waals surface area contributed by atoms with Gasteiger partial charge in [-0.1, -0.05) is 37.3 Å². The third-order valence-corrected chi connectivity index (χ3v) is 10.4. The smallest absolute Gasteiger partial charge is 0.0622 e. The van der Waals surface area contributed by atoms with Crippen molar-refractivity contribution in [3.63, 3.8) is 0 Å². The van der Waals surface area contributed by atoms with Gasteiger partial charge in [0.05, 0.1) is 5.60 Å². The van der Waals surface area contributed by atoms with Crippen LogP contribution in [0.2, 0.25) is 0 Å². The molecule has 1 aromatic rings. The molecule has 0 spiro atoms. The van der Waals surface area contributed by atoms with Crippen molar-refractivity contribution in [2.75, 3.05) is 0 Å². The van der Waals surface area contributed by atoms with Crippen LogP contribution in [0.3, 0.4) is 0 Å². The molecule has 1 aromatic carbocycles. The second-order valence-corrected chi connectivity index (χ2v) is 12.1. The summed E-state index contributed by atoms with van der Waals surface area (Å²) < 4.78 is 0. The molecule has 4 aliphatic rings. The summed E-state index contributed by atoms with van der Waals surface area (Å²) in [5.74, 6) is 5.36. The molecule has 2 N–H and O–H groups in total. The third kappa shape index (κ3) is 3.66. The van der Waals surface area contributed by atoms with Crippen molar-refractivity contribution >= 4 is 0 Å². The van der Waals surface area contributed by atoms with Crippen LogP contribution < -0.4 is 5.32 Å². The molecule has 0 radical (unpaired) electrons. The first-order chi connectivity index (χ1) is 14.4. The molecular formula is C28H43NO. The highest BCUT2D eigenvalue weighted by Crippen LogP contribution is 2.65. The highest BCUT2D eigenvalue weighted by atomic mass is 16.3. The lowest BCUT2D eigenvalue weighted by molar-refractivity contribution is -0.101. The average Bonchev–Trinajstić information content (AvgIpc) is 3.09. The molecule has 2 heteroatoms. The second-order valence-electron chi connectivity index (χ2n) is 12.1. The normalized spacial score (nSPS) is 46.5. The van der Waals surface area contributed by atoms with E-state index in [1.807, 2.05) is 0 Å². The third-order valence-electron chi connectivity index (χ3n) is 10.4. The Kier molecular flexibility index (Phi) is 5.55. The van der Waals surface area contributed by atoms with Gasteiger partial charge in [-0.3, -0.25) is 0 Å². The van der Waals surface area contributed by atoms with E-state index in [1.165, 1.54) is 50.5 Å². The predicted molar refractivity (Wildman–Crippen MR) is 124 cm³/mol. The highest BCUT2D eigenvalue weighted by molar-refractivity contribution is 5.15. The quantitative estimate of drug-likeness (QED) is 0.622. The summed E-state index contributed by atoms with van der Waals surface area (Å²) in [5, 5.41) is 14.5. The summed E-state index contributed by atoms with van der Waals surface area (Å²) in [6.07, 6.45) is 11.9. The number of benzene rings is 1. The molecule has 30 heavy (non-hydrogen) atoms. The van der Waals surface area contributed by atoms with Crippen molar-refractivity contribution in [2.45, 2.75) is 96.7 Å². The van der Waals surface area contributed by atoms with Crippen LogP contribution in [-0.4, -0.2) is 16.7 Å². The zero-order valence-corrected chi connectivity index (χ0v) is 19.4. The van der Waals surface area contributed by atoms with Crippen molar-refractivity contribution in [3.05, 3.63) is 35.9 Å². The Morgan fingerprint density at radius 3 is 2.50 bits per heavy atom. The summed E-state index contributed by atoms with van der Waals surface area (Å²) in [4.78, 5) is 0. The molecule has 0 bridgehead atoms. The Hall–Kier alpha value is -0.860. The number of aliphatic hydroxyl groups is 1. The van der Waals surface area contributed by atoms with Crippen LogP contribution in [0.15, 0.2) is 30.3 Å². The maximum Gasteiger partial charge on any atom is 0.0622 e. The molecule has 2 nitrogen and oxygen atoms in total. The van der Waals surface area contributed by atoms with Gasteiger partial charge in [0.1, 0.15) is 0 Å². The minimum atomic E-state index is -0.393. The number of fused-ring (bicyclic) bond motifs is 5. The summed E-state index contributed by atoms with van der Waals surface area (Å²) in [7, 11) is 0. The van der Waals surface area contributed by atoms with E-state index in [-0.39, 0.29) is 0 Å². The van der Waals surface area contributed by atoms with Gasteiger partial charge in [-0.25, -0.2) is 0 Å². The molecule has 5 rings (SSSR count). The predicted octanol–water partition coefficient (Wildman–Crippen LogP) is 6.18. The monoisotopic (exact) mass is 409 g/mol. The Morgan fingerprint density at radius 1 is 0.933 bits per heavy atom. The summed E-state index contributed by atoms with van der Waals surface area (Å²) in [6, 6.07) is 11.5. The van der Waals surface area contributed by atoms with Crippen LogP contribution in [0.4, 0.5) is 0 Å². The average molecular weight is 410 g/mol. The largest absolute Gasteiger partial charge is 0.390 e. The van der Waals surface area contributed by atoms with Crippen LogP contribution in [-0.2, 0) is 6.54 Å². The lowest BCUT2D eigenvalue weighted by Crippen LogP contribution is -2.52. The van der Waals surface area contributed by atoms with Crippen LogP contribution in [0.1, 0.15) is 84.1 Å². The summed E-state index contributed by atoms with van der Waals surface area (Å²) >= 11 is 0. The van der Waals surface area contributed by atoms with Gasteiger partial charge in [-0.2, -0.15) is 0 Å². The van der Waals surface area contributed by atoms with Crippen molar-refractivity contribution in [3.8, 4) is 0 Å². The Balaban J connectivity index is 1.26. The van der Waals surface area contributed by atoms with E-state index in [1.54, 1.807) is 0 Å². The van der Waals surface area contributed by atoms with Crippen LogP contribution in [0.5, 0.6) is 0 Å². The van der Waals surface area contributed by atoms with Gasteiger partial charge in [-0.15, -0.1) is 0 Å². The van der Waals surface area contributed by atoms with E-state index < -0.39 is 5.60 Å². The molecule has 0 saturated heterocycles. The first-order valence-electron chi connectivity index (χ1n) is 12.9. The van der Waals surface area contributed by atoms with Gasteiger partial charge < -0.3 is 10.4 Å². The molecule has 0 unspecified atom stereocenters. The molecule has 166 valence electrons. The maximum absolute atomic E-state index is 10.6. The van der Waals surface area contributed by atoms with Crippen molar-refractivity contribution in [1.82, 2.24) is 5.32 Å². The topological polar surface area (TPSA) is 32.3 Å². The molecule has 4 aliphatic carbocycles. The fraction of sp³-hybridized carbons (Fsp3) is 0.786. The molecule has 0 aromatic heterocycles. The standard InChI is InChI=1S/C28H43NO/c1-19(29-18-20-7-5-4-6-8-20)25-11-12-26-24-10-9-21-17-27(2,30)15-13-22(21)23(24)14-16-28(25,26)3/h4-8,19,21-26,29-30H,9-18H2,1-3H3/t19-,21-,22+,23-,24-,25-,26+,27-,28-/m1/s1. The van der Waals surface area contributed by atoms with Gasteiger partial charge in [0, 0.05) is 12.6 Å². The number of nitrogens with one attached hydrogen (secondary N) is 1. The molecular weight excluding hydrogens is 366 g/mol.